The molecule has 0 fully saturated rings. The van der Waals surface area contributed by atoms with E-state index in [2.05, 4.69) is 33.0 Å². The molecule has 0 rings (SSSR count). The number of Topliss-reactive ketones (excluding diaryl/α,β-unsaturated/α-hetero) is 1. The van der Waals surface area contributed by atoms with Crippen LogP contribution in [0.5, 0.6) is 0 Å². The second-order valence-electron chi connectivity index (χ2n) is 10.9. The zero-order chi connectivity index (χ0) is 33.3. The van der Waals surface area contributed by atoms with Gasteiger partial charge in [0, 0.05) is 24.2 Å². The Hall–Kier alpha value is -1.16. The van der Waals surface area contributed by atoms with Crippen LogP contribution in [0.3, 0.4) is 0 Å². The first-order valence-electron chi connectivity index (χ1n) is 18.3. The number of aliphatic hydroxyl groups is 1. The summed E-state index contributed by atoms with van der Waals surface area (Å²) in [5.41, 5.74) is 1.86. The molecular weight excluding hydrogens is 530 g/mol. The van der Waals surface area contributed by atoms with Crippen molar-refractivity contribution in [1.82, 2.24) is 5.32 Å². The van der Waals surface area contributed by atoms with Crippen LogP contribution in [0.4, 0.5) is 0 Å². The number of aldehydes is 1. The fourth-order valence-corrected chi connectivity index (χ4v) is 4.15. The summed E-state index contributed by atoms with van der Waals surface area (Å²) in [5, 5.41) is 12.5. The Balaban J connectivity index is -0.000000114. The maximum absolute atomic E-state index is 11.1. The summed E-state index contributed by atoms with van der Waals surface area (Å²) < 4.78 is 0. The molecule has 0 heterocycles. The molecule has 0 aromatic heterocycles. The zero-order valence-electron chi connectivity index (χ0n) is 31.0. The van der Waals surface area contributed by atoms with Crippen LogP contribution in [0.15, 0.2) is 11.3 Å². The van der Waals surface area contributed by atoms with Crippen molar-refractivity contribution < 1.29 is 14.7 Å². The fraction of sp³-hybridized carbons (Fsp3) is 0.897. The summed E-state index contributed by atoms with van der Waals surface area (Å²) >= 11 is 0. The van der Waals surface area contributed by atoms with Crippen molar-refractivity contribution in [2.24, 2.45) is 0 Å². The molecule has 43 heavy (non-hydrogen) atoms. The molecule has 0 amide bonds. The van der Waals surface area contributed by atoms with E-state index in [1.807, 2.05) is 41.5 Å². The molecule has 0 bridgehead atoms. The highest BCUT2D eigenvalue weighted by Gasteiger charge is 2.03. The highest BCUT2D eigenvalue weighted by atomic mass is 16.3. The van der Waals surface area contributed by atoms with Crippen molar-refractivity contribution in [2.45, 2.75) is 225 Å². The van der Waals surface area contributed by atoms with E-state index in [-0.39, 0.29) is 19.3 Å². The monoisotopic (exact) mass is 616 g/mol. The zero-order valence-corrected chi connectivity index (χ0v) is 31.0. The summed E-state index contributed by atoms with van der Waals surface area (Å²) in [6.07, 6.45) is 28.4. The number of allylic oxidation sites excluding steroid dienone is 2. The Morgan fingerprint density at radius 2 is 0.953 bits per heavy atom. The summed E-state index contributed by atoms with van der Waals surface area (Å²) in [6, 6.07) is 0. The highest BCUT2D eigenvalue weighted by Crippen LogP contribution is 2.13. The molecule has 4 heteroatoms. The Kier molecular flexibility index (Phi) is 67.5. The lowest BCUT2D eigenvalue weighted by Gasteiger charge is -2.06. The van der Waals surface area contributed by atoms with Crippen LogP contribution >= 0.6 is 0 Å². The van der Waals surface area contributed by atoms with Crippen molar-refractivity contribution >= 4 is 12.1 Å². The van der Waals surface area contributed by atoms with Crippen molar-refractivity contribution in [2.75, 3.05) is 6.54 Å². The standard InChI is InChI=1S/C16H34O.C9H17NO.C9H20.C2H4O.C2H6.CH4/c1-3-5-6-7-8-9-10-11-12-13-14-15-16(17)4-2;1-5-9(11)7(3)8(4)10-6-2;1-3-5-7-9-8-6-4-2;1-2-3;1-2;/h16-17H,3-15H2,1-2H3;10H,5-6H2,1-4H3;3-9H2,1-2H3;2H,1H3;1-2H3;1H4/b;8-7+;;;;. The topological polar surface area (TPSA) is 66.4 Å². The van der Waals surface area contributed by atoms with E-state index >= 15 is 0 Å². The van der Waals surface area contributed by atoms with E-state index in [0.29, 0.717) is 6.42 Å². The van der Waals surface area contributed by atoms with E-state index < -0.39 is 0 Å². The smallest absolute Gasteiger partial charge is 0.160 e. The number of hydrogen-bond donors (Lipinski definition) is 2. The molecular formula is C39H85NO3. The largest absolute Gasteiger partial charge is 0.393 e. The van der Waals surface area contributed by atoms with Gasteiger partial charge in [-0.25, -0.2) is 0 Å². The van der Waals surface area contributed by atoms with Gasteiger partial charge in [0.05, 0.1) is 6.10 Å². The molecule has 0 aliphatic carbocycles. The van der Waals surface area contributed by atoms with Gasteiger partial charge in [-0.05, 0) is 40.5 Å². The van der Waals surface area contributed by atoms with E-state index in [9.17, 15) is 9.90 Å². The molecule has 264 valence electrons. The Morgan fingerprint density at radius 1 is 0.651 bits per heavy atom. The summed E-state index contributed by atoms with van der Waals surface area (Å²) in [7, 11) is 0. The minimum atomic E-state index is -0.0476. The van der Waals surface area contributed by atoms with E-state index in [0.717, 1.165) is 36.9 Å². The van der Waals surface area contributed by atoms with Gasteiger partial charge in [0.25, 0.3) is 0 Å². The van der Waals surface area contributed by atoms with E-state index in [1.165, 1.54) is 122 Å². The van der Waals surface area contributed by atoms with Gasteiger partial charge in [-0.3, -0.25) is 4.79 Å². The van der Waals surface area contributed by atoms with Crippen LogP contribution in [0.2, 0.25) is 0 Å². The Bertz CT molecular complexity index is 511. The van der Waals surface area contributed by atoms with Gasteiger partial charge in [0.15, 0.2) is 5.78 Å². The minimum absolute atomic E-state index is 0. The third kappa shape index (κ3) is 57.1. The van der Waals surface area contributed by atoms with Gasteiger partial charge >= 0.3 is 0 Å². The van der Waals surface area contributed by atoms with Crippen LogP contribution in [0, 0.1) is 0 Å². The molecule has 0 aliphatic rings. The van der Waals surface area contributed by atoms with Gasteiger partial charge in [0.1, 0.15) is 6.29 Å². The van der Waals surface area contributed by atoms with Crippen molar-refractivity contribution in [3.8, 4) is 0 Å². The second-order valence-corrected chi connectivity index (χ2v) is 10.9. The minimum Gasteiger partial charge on any atom is -0.393 e. The molecule has 2 N–H and O–H groups in total. The first kappa shape index (κ1) is 54.3. The lowest BCUT2D eigenvalue weighted by molar-refractivity contribution is -0.115. The molecule has 4 nitrogen and oxygen atoms in total. The van der Waals surface area contributed by atoms with Crippen LogP contribution in [0.25, 0.3) is 0 Å². The molecule has 1 unspecified atom stereocenters. The quantitative estimate of drug-likeness (QED) is 0.0681. The van der Waals surface area contributed by atoms with Crippen LogP contribution < -0.4 is 5.32 Å². The Labute approximate surface area is 274 Å². The predicted molar refractivity (Wildman–Crippen MR) is 198 cm³/mol. The highest BCUT2D eigenvalue weighted by molar-refractivity contribution is 5.95. The SMILES string of the molecule is C.CC.CC=O.CCCCCCCCC.CCCCCCCCCCCCCC(O)CC.CCN/C(C)=C(\C)C(=O)CC. The molecule has 0 saturated carbocycles. The fourth-order valence-electron chi connectivity index (χ4n) is 4.15. The third-order valence-electron chi connectivity index (χ3n) is 7.06. The summed E-state index contributed by atoms with van der Waals surface area (Å²) in [5.74, 6) is 0.225. The third-order valence-corrected chi connectivity index (χ3v) is 7.06. The number of rotatable bonds is 23. The molecule has 0 spiro atoms. The van der Waals surface area contributed by atoms with Crippen molar-refractivity contribution in [1.29, 1.82) is 0 Å². The first-order chi connectivity index (χ1) is 20.3. The number of nitrogens with one attached hydrogen (secondary N) is 1. The average Bonchev–Trinajstić information content (AvgIpc) is 3.01. The van der Waals surface area contributed by atoms with E-state index in [1.54, 1.807) is 0 Å². The lowest BCUT2D eigenvalue weighted by Crippen LogP contribution is -2.14. The van der Waals surface area contributed by atoms with Gasteiger partial charge in [0.2, 0.25) is 0 Å². The molecule has 0 aliphatic heterocycles. The van der Waals surface area contributed by atoms with E-state index in [4.69, 9.17) is 4.79 Å². The number of carbonyl (C=O) groups excluding carboxylic acids is 2. The van der Waals surface area contributed by atoms with Crippen molar-refractivity contribution in [3.63, 3.8) is 0 Å². The van der Waals surface area contributed by atoms with Crippen LogP contribution in [-0.4, -0.2) is 29.8 Å². The van der Waals surface area contributed by atoms with Crippen LogP contribution in [0.1, 0.15) is 218 Å². The lowest BCUT2D eigenvalue weighted by atomic mass is 10.0. The summed E-state index contributed by atoms with van der Waals surface area (Å²) in [6.45, 7) is 22.9. The number of aliphatic hydroxyl groups excluding tert-OH is 1. The van der Waals surface area contributed by atoms with Gasteiger partial charge in [-0.15, -0.1) is 0 Å². The molecule has 1 atom stereocenters. The average molecular weight is 616 g/mol. The summed E-state index contributed by atoms with van der Waals surface area (Å²) in [4.78, 5) is 19.9. The Morgan fingerprint density at radius 3 is 1.21 bits per heavy atom. The number of ketones is 1. The van der Waals surface area contributed by atoms with Crippen molar-refractivity contribution in [3.05, 3.63) is 11.3 Å². The molecule has 0 radical (unpaired) electrons. The van der Waals surface area contributed by atoms with Gasteiger partial charge < -0.3 is 15.2 Å². The van der Waals surface area contributed by atoms with Crippen LogP contribution in [-0.2, 0) is 9.59 Å². The molecule has 0 saturated heterocycles. The number of hydrogen-bond acceptors (Lipinski definition) is 4. The predicted octanol–water partition coefficient (Wildman–Crippen LogP) is 13.0. The molecule has 0 aromatic carbocycles. The number of carbonyl (C=O) groups is 2. The first-order valence-corrected chi connectivity index (χ1v) is 18.3. The number of unbranched alkanes of at least 4 members (excludes halogenated alkanes) is 16. The second kappa shape index (κ2) is 53.4. The normalized spacial score (nSPS) is 10.8. The van der Waals surface area contributed by atoms with Gasteiger partial charge in [-0.2, -0.15) is 0 Å². The van der Waals surface area contributed by atoms with Gasteiger partial charge in [-0.1, -0.05) is 171 Å². The molecule has 0 aromatic rings. The maximum atomic E-state index is 11.1. The maximum Gasteiger partial charge on any atom is 0.160 e.